The van der Waals surface area contributed by atoms with Crippen molar-refractivity contribution in [1.82, 2.24) is 14.8 Å². The van der Waals surface area contributed by atoms with Crippen molar-refractivity contribution >= 4 is 22.5 Å². The fourth-order valence-electron chi connectivity index (χ4n) is 3.40. The van der Waals surface area contributed by atoms with E-state index in [1.165, 1.54) is 13.2 Å². The van der Waals surface area contributed by atoms with Crippen LogP contribution >= 0.6 is 0 Å². The molecule has 0 atom stereocenters. The largest absolute Gasteiger partial charge is 0.494 e. The first-order valence-corrected chi connectivity index (χ1v) is 9.35. The number of hydrogen-bond acceptors (Lipinski definition) is 5. The van der Waals surface area contributed by atoms with Gasteiger partial charge in [0.1, 0.15) is 22.7 Å². The van der Waals surface area contributed by atoms with Gasteiger partial charge >= 0.3 is 6.18 Å². The zero-order chi connectivity index (χ0) is 21.3. The molecule has 4 rings (SSSR count). The maximum atomic E-state index is 12.9. The number of alkyl halides is 3. The molecule has 2 aromatic heterocycles. The molecule has 1 saturated heterocycles. The standard InChI is InChI=1S/C20H19F3N4O3/c1-29-16-10-13(24-19(28)15-3-2-4-17(25-15)20(21,22)23)9-12-11-27(26-18(12)16)14-5-7-30-8-6-14/h2-4,9-11,14H,5-8H2,1H3,(H,24,28). The molecule has 30 heavy (non-hydrogen) atoms. The Kier molecular flexibility index (Phi) is 5.33. The van der Waals surface area contributed by atoms with E-state index in [9.17, 15) is 18.0 Å². The zero-order valence-corrected chi connectivity index (χ0v) is 16.1. The highest BCUT2D eigenvalue weighted by Gasteiger charge is 2.33. The number of anilines is 1. The van der Waals surface area contributed by atoms with Crippen LogP contribution in [0.1, 0.15) is 35.1 Å². The first-order chi connectivity index (χ1) is 14.3. The quantitative estimate of drug-likeness (QED) is 0.689. The molecule has 0 unspecified atom stereocenters. The number of ether oxygens (including phenoxy) is 2. The van der Waals surface area contributed by atoms with Crippen molar-refractivity contribution in [3.05, 3.63) is 47.9 Å². The molecule has 1 aliphatic rings. The van der Waals surface area contributed by atoms with Crippen LogP contribution in [0.4, 0.5) is 18.9 Å². The summed E-state index contributed by atoms with van der Waals surface area (Å²) in [6.45, 7) is 1.34. The second kappa shape index (κ2) is 7.94. The predicted molar refractivity (Wildman–Crippen MR) is 103 cm³/mol. The average molecular weight is 420 g/mol. The number of pyridine rings is 1. The molecule has 1 amide bonds. The molecular weight excluding hydrogens is 401 g/mol. The van der Waals surface area contributed by atoms with Crippen LogP contribution in [-0.4, -0.2) is 41.0 Å². The number of halogens is 3. The monoisotopic (exact) mass is 420 g/mol. The van der Waals surface area contributed by atoms with E-state index in [2.05, 4.69) is 15.4 Å². The number of aromatic nitrogens is 3. The van der Waals surface area contributed by atoms with Gasteiger partial charge < -0.3 is 14.8 Å². The lowest BCUT2D eigenvalue weighted by atomic mass is 10.1. The summed E-state index contributed by atoms with van der Waals surface area (Å²) in [4.78, 5) is 15.9. The summed E-state index contributed by atoms with van der Waals surface area (Å²) < 4.78 is 51.2. The second-order valence-electron chi connectivity index (χ2n) is 6.93. The van der Waals surface area contributed by atoms with Gasteiger partial charge in [0.05, 0.1) is 13.2 Å². The zero-order valence-electron chi connectivity index (χ0n) is 16.1. The van der Waals surface area contributed by atoms with Crippen molar-refractivity contribution in [3.63, 3.8) is 0 Å². The second-order valence-corrected chi connectivity index (χ2v) is 6.93. The number of fused-ring (bicyclic) bond motifs is 1. The van der Waals surface area contributed by atoms with E-state index in [0.29, 0.717) is 30.2 Å². The third-order valence-corrected chi connectivity index (χ3v) is 4.91. The SMILES string of the molecule is COc1cc(NC(=O)c2cccc(C(F)(F)F)n2)cc2cn(C3CCOCC3)nc12. The van der Waals surface area contributed by atoms with Gasteiger partial charge in [-0.3, -0.25) is 9.48 Å². The van der Waals surface area contributed by atoms with Gasteiger partial charge in [-0.25, -0.2) is 4.98 Å². The van der Waals surface area contributed by atoms with Crippen LogP contribution in [0.2, 0.25) is 0 Å². The first-order valence-electron chi connectivity index (χ1n) is 9.35. The van der Waals surface area contributed by atoms with Crippen molar-refractivity contribution in [2.45, 2.75) is 25.1 Å². The van der Waals surface area contributed by atoms with Crippen LogP contribution in [0.5, 0.6) is 5.75 Å². The number of carbonyl (C=O) groups is 1. The van der Waals surface area contributed by atoms with E-state index < -0.39 is 17.8 Å². The molecule has 0 radical (unpaired) electrons. The highest BCUT2D eigenvalue weighted by Crippen LogP contribution is 2.32. The summed E-state index contributed by atoms with van der Waals surface area (Å²) in [5.41, 5.74) is -0.447. The van der Waals surface area contributed by atoms with Crippen LogP contribution < -0.4 is 10.1 Å². The number of nitrogens with zero attached hydrogens (tertiary/aromatic N) is 3. The van der Waals surface area contributed by atoms with Crippen LogP contribution in [0.15, 0.2) is 36.5 Å². The minimum Gasteiger partial charge on any atom is -0.494 e. The summed E-state index contributed by atoms with van der Waals surface area (Å²) in [7, 11) is 1.49. The maximum absolute atomic E-state index is 12.9. The minimum absolute atomic E-state index is 0.211. The Morgan fingerprint density at radius 1 is 1.27 bits per heavy atom. The van der Waals surface area contributed by atoms with Crippen LogP contribution in [-0.2, 0) is 10.9 Å². The molecule has 0 bridgehead atoms. The summed E-state index contributed by atoms with van der Waals surface area (Å²) in [6, 6.07) is 6.68. The summed E-state index contributed by atoms with van der Waals surface area (Å²) >= 11 is 0. The third kappa shape index (κ3) is 4.09. The number of nitrogens with one attached hydrogen (secondary N) is 1. The van der Waals surface area contributed by atoms with Gasteiger partial charge in [-0.1, -0.05) is 6.07 Å². The minimum atomic E-state index is -4.63. The van der Waals surface area contributed by atoms with Gasteiger partial charge in [0.2, 0.25) is 0 Å². The van der Waals surface area contributed by atoms with Gasteiger partial charge in [-0.05, 0) is 31.0 Å². The molecule has 7 nitrogen and oxygen atoms in total. The normalized spacial score (nSPS) is 15.3. The number of amides is 1. The molecular formula is C20H19F3N4O3. The summed E-state index contributed by atoms with van der Waals surface area (Å²) in [6.07, 6.45) is -1.06. The average Bonchev–Trinajstić information content (AvgIpc) is 3.17. The van der Waals surface area contributed by atoms with Crippen molar-refractivity contribution in [2.75, 3.05) is 25.6 Å². The predicted octanol–water partition coefficient (Wildman–Crippen LogP) is 4.06. The molecule has 3 aromatic rings. The third-order valence-electron chi connectivity index (χ3n) is 4.91. The fourth-order valence-corrected chi connectivity index (χ4v) is 3.40. The number of carbonyl (C=O) groups excluding carboxylic acids is 1. The maximum Gasteiger partial charge on any atom is 0.433 e. The van der Waals surface area contributed by atoms with E-state index in [-0.39, 0.29) is 11.7 Å². The molecule has 1 aliphatic heterocycles. The Morgan fingerprint density at radius 3 is 2.73 bits per heavy atom. The lowest BCUT2D eigenvalue weighted by Crippen LogP contribution is -2.19. The molecule has 10 heteroatoms. The van der Waals surface area contributed by atoms with Gasteiger partial charge in [0.25, 0.3) is 5.91 Å². The van der Waals surface area contributed by atoms with Gasteiger partial charge in [0, 0.05) is 36.6 Å². The Labute approximate surface area is 169 Å². The van der Waals surface area contributed by atoms with E-state index in [4.69, 9.17) is 9.47 Å². The Balaban J connectivity index is 1.62. The van der Waals surface area contributed by atoms with E-state index in [0.717, 1.165) is 30.4 Å². The lowest BCUT2D eigenvalue weighted by Gasteiger charge is -2.22. The van der Waals surface area contributed by atoms with Crippen molar-refractivity contribution in [1.29, 1.82) is 0 Å². The van der Waals surface area contributed by atoms with Crippen LogP contribution in [0, 0.1) is 0 Å². The Hall–Kier alpha value is -3.14. The summed E-state index contributed by atoms with van der Waals surface area (Å²) in [5, 5.41) is 7.94. The van der Waals surface area contributed by atoms with Gasteiger partial charge in [0.15, 0.2) is 0 Å². The van der Waals surface area contributed by atoms with Crippen LogP contribution in [0.3, 0.4) is 0 Å². The van der Waals surface area contributed by atoms with Crippen molar-refractivity contribution in [2.24, 2.45) is 0 Å². The molecule has 1 aromatic carbocycles. The molecule has 158 valence electrons. The molecule has 3 heterocycles. The highest BCUT2D eigenvalue weighted by atomic mass is 19.4. The van der Waals surface area contributed by atoms with Crippen LogP contribution in [0.25, 0.3) is 10.9 Å². The van der Waals surface area contributed by atoms with Crippen molar-refractivity contribution in [3.8, 4) is 5.75 Å². The fraction of sp³-hybridized carbons (Fsp3) is 0.350. The Morgan fingerprint density at radius 2 is 2.03 bits per heavy atom. The molecule has 0 saturated carbocycles. The number of rotatable bonds is 4. The first kappa shape index (κ1) is 20.1. The number of benzene rings is 1. The van der Waals surface area contributed by atoms with E-state index in [1.807, 2.05) is 10.9 Å². The molecule has 1 N–H and O–H groups in total. The van der Waals surface area contributed by atoms with Gasteiger partial charge in [-0.15, -0.1) is 0 Å². The topological polar surface area (TPSA) is 78.3 Å². The van der Waals surface area contributed by atoms with E-state index in [1.54, 1.807) is 12.1 Å². The lowest BCUT2D eigenvalue weighted by molar-refractivity contribution is -0.141. The van der Waals surface area contributed by atoms with Gasteiger partial charge in [-0.2, -0.15) is 18.3 Å². The molecule has 1 fully saturated rings. The number of methoxy groups -OCH3 is 1. The Bertz CT molecular complexity index is 1070. The van der Waals surface area contributed by atoms with E-state index >= 15 is 0 Å². The molecule has 0 aliphatic carbocycles. The van der Waals surface area contributed by atoms with Crippen molar-refractivity contribution < 1.29 is 27.4 Å². The number of hydrogen-bond donors (Lipinski definition) is 1. The summed E-state index contributed by atoms with van der Waals surface area (Å²) in [5.74, 6) is -0.301. The smallest absolute Gasteiger partial charge is 0.433 e. The molecule has 0 spiro atoms. The highest BCUT2D eigenvalue weighted by molar-refractivity contribution is 6.04.